The number of allylic oxidation sites excluding steroid dienone is 2. The fourth-order valence-electron chi connectivity index (χ4n) is 4.43. The highest BCUT2D eigenvalue weighted by Crippen LogP contribution is 2.28. The average molecular weight is 469 g/mol. The first-order chi connectivity index (χ1) is 15.7. The van der Waals surface area contributed by atoms with Crippen LogP contribution in [-0.2, 0) is 9.59 Å². The highest BCUT2D eigenvalue weighted by atomic mass is 16.4. The minimum absolute atomic E-state index is 0.0256. The number of carbonyl (C=O) groups is 2. The zero-order valence-corrected chi connectivity index (χ0v) is 22.2. The van der Waals surface area contributed by atoms with Crippen LogP contribution in [0, 0.1) is 0 Å². The Balaban J connectivity index is 3.82. The largest absolute Gasteiger partial charge is 0.481 e. The Hall–Kier alpha value is -1.36. The number of quaternary nitrogens is 1. The van der Waals surface area contributed by atoms with Crippen LogP contribution in [0.2, 0.25) is 0 Å². The minimum Gasteiger partial charge on any atom is -0.481 e. The molecule has 1 atom stereocenters. The zero-order chi connectivity index (χ0) is 25.0. The number of nitrogens with zero attached hydrogens (tertiary/aromatic N) is 1. The summed E-state index contributed by atoms with van der Waals surface area (Å²) in [6.07, 6.45) is 24.6. The summed E-state index contributed by atoms with van der Waals surface area (Å²) < 4.78 is 0.396. The third kappa shape index (κ3) is 15.2. The first-order valence-electron chi connectivity index (χ1n) is 13.6. The molecule has 1 unspecified atom stereocenters. The molecule has 0 bridgehead atoms. The van der Waals surface area contributed by atoms with Crippen LogP contribution in [0.5, 0.6) is 0 Å². The Morgan fingerprint density at radius 2 is 1.18 bits per heavy atom. The number of hydrogen-bond donors (Lipinski definition) is 2. The van der Waals surface area contributed by atoms with Gasteiger partial charge < -0.3 is 14.7 Å². The molecule has 0 amide bonds. The molecule has 0 aromatic rings. The maximum Gasteiger partial charge on any atom is 0.365 e. The van der Waals surface area contributed by atoms with E-state index in [0.717, 1.165) is 19.4 Å². The molecule has 0 fully saturated rings. The van der Waals surface area contributed by atoms with Crippen molar-refractivity contribution in [2.24, 2.45) is 0 Å². The van der Waals surface area contributed by atoms with E-state index < -0.39 is 17.5 Å². The molecule has 0 aromatic carbocycles. The molecule has 0 saturated heterocycles. The number of aliphatic carboxylic acids is 2. The molecule has 0 aliphatic carbocycles. The van der Waals surface area contributed by atoms with Crippen molar-refractivity contribution >= 4 is 11.9 Å². The van der Waals surface area contributed by atoms with Crippen LogP contribution >= 0.6 is 0 Å². The van der Waals surface area contributed by atoms with Crippen molar-refractivity contribution in [3.05, 3.63) is 12.2 Å². The Kier molecular flexibility index (Phi) is 18.2. The number of rotatable bonds is 23. The molecule has 0 heterocycles. The summed E-state index contributed by atoms with van der Waals surface area (Å²) in [5.41, 5.74) is -0.946. The highest BCUT2D eigenvalue weighted by Gasteiger charge is 2.47. The van der Waals surface area contributed by atoms with Crippen molar-refractivity contribution in [1.29, 1.82) is 0 Å². The Morgan fingerprint density at radius 3 is 1.64 bits per heavy atom. The van der Waals surface area contributed by atoms with Crippen LogP contribution in [0.3, 0.4) is 0 Å². The summed E-state index contributed by atoms with van der Waals surface area (Å²) >= 11 is 0. The summed E-state index contributed by atoms with van der Waals surface area (Å²) in [7, 11) is 3.93. The van der Waals surface area contributed by atoms with Gasteiger partial charge in [0.25, 0.3) is 0 Å². The number of carboxylic acids is 2. The molecule has 33 heavy (non-hydrogen) atoms. The van der Waals surface area contributed by atoms with Crippen molar-refractivity contribution in [2.75, 3.05) is 20.6 Å². The van der Waals surface area contributed by atoms with Gasteiger partial charge in [0.2, 0.25) is 0 Å². The van der Waals surface area contributed by atoms with Gasteiger partial charge in [0, 0.05) is 19.8 Å². The molecule has 194 valence electrons. The SMILES string of the molecule is CCCCCCCCC=CCCCCCCCCC[N+](C)(C)C(C)(CCCC(=O)O)C(=O)O. The number of hydrogen-bond acceptors (Lipinski definition) is 2. The minimum atomic E-state index is -0.946. The Morgan fingerprint density at radius 1 is 0.727 bits per heavy atom. The van der Waals surface area contributed by atoms with Crippen molar-refractivity contribution in [3.63, 3.8) is 0 Å². The normalized spacial score (nSPS) is 13.9. The van der Waals surface area contributed by atoms with Crippen molar-refractivity contribution in [1.82, 2.24) is 0 Å². The Labute approximate surface area is 204 Å². The third-order valence-corrected chi connectivity index (χ3v) is 7.33. The van der Waals surface area contributed by atoms with Crippen LogP contribution in [0.25, 0.3) is 0 Å². The van der Waals surface area contributed by atoms with Crippen molar-refractivity contribution in [3.8, 4) is 0 Å². The zero-order valence-electron chi connectivity index (χ0n) is 22.2. The number of carboxylic acid groups (broad SMARTS) is 2. The van der Waals surface area contributed by atoms with E-state index in [1.165, 1.54) is 83.5 Å². The Bertz CT molecular complexity index is 544. The summed E-state index contributed by atoms with van der Waals surface area (Å²) in [6, 6.07) is 0. The van der Waals surface area contributed by atoms with Crippen molar-refractivity contribution < 1.29 is 24.3 Å². The molecular formula is C28H54NO4+. The standard InChI is InChI=1S/C28H53NO4/c1-5-6-7-8-9-10-11-12-13-14-15-16-17-18-19-20-21-25-29(3,4)28(2,27(32)33)24-22-23-26(30)31/h12-13H,5-11,14-25H2,1-4H3,(H-,30,31,32,33)/p+1. The van der Waals surface area contributed by atoms with E-state index >= 15 is 0 Å². The van der Waals surface area contributed by atoms with Crippen molar-refractivity contribution in [2.45, 2.75) is 135 Å². The second kappa shape index (κ2) is 19.0. The molecule has 0 saturated carbocycles. The number of unbranched alkanes of at least 4 members (excludes halogenated alkanes) is 13. The molecule has 5 heteroatoms. The van der Waals surface area contributed by atoms with Gasteiger partial charge in [0.15, 0.2) is 5.54 Å². The molecule has 0 aliphatic heterocycles. The predicted molar refractivity (Wildman–Crippen MR) is 139 cm³/mol. The van der Waals surface area contributed by atoms with E-state index in [1.54, 1.807) is 6.92 Å². The highest BCUT2D eigenvalue weighted by molar-refractivity contribution is 5.76. The maximum atomic E-state index is 12.0. The van der Waals surface area contributed by atoms with E-state index in [0.29, 0.717) is 17.3 Å². The second-order valence-electron chi connectivity index (χ2n) is 10.5. The van der Waals surface area contributed by atoms with Gasteiger partial charge >= 0.3 is 11.9 Å². The van der Waals surface area contributed by atoms with Gasteiger partial charge in [0.05, 0.1) is 20.6 Å². The van der Waals surface area contributed by atoms with Gasteiger partial charge in [-0.3, -0.25) is 4.79 Å². The van der Waals surface area contributed by atoms with Gasteiger partial charge in [0.1, 0.15) is 0 Å². The van der Waals surface area contributed by atoms with Gasteiger partial charge in [-0.05, 0) is 44.9 Å². The van der Waals surface area contributed by atoms with E-state index in [1.807, 2.05) is 14.1 Å². The summed E-state index contributed by atoms with van der Waals surface area (Å²) in [5, 5.41) is 18.7. The van der Waals surface area contributed by atoms with E-state index in [9.17, 15) is 14.7 Å². The summed E-state index contributed by atoms with van der Waals surface area (Å²) in [5.74, 6) is -1.70. The molecule has 5 nitrogen and oxygen atoms in total. The lowest BCUT2D eigenvalue weighted by molar-refractivity contribution is -0.931. The molecule has 0 aromatic heterocycles. The predicted octanol–water partition coefficient (Wildman–Crippen LogP) is 7.59. The molecular weight excluding hydrogens is 414 g/mol. The lowest BCUT2D eigenvalue weighted by atomic mass is 9.90. The van der Waals surface area contributed by atoms with E-state index in [-0.39, 0.29) is 6.42 Å². The molecule has 0 spiro atoms. The van der Waals surface area contributed by atoms with Gasteiger partial charge in [-0.25, -0.2) is 4.79 Å². The average Bonchev–Trinajstić information content (AvgIpc) is 2.75. The fraction of sp³-hybridized carbons (Fsp3) is 0.857. The van der Waals surface area contributed by atoms with E-state index in [4.69, 9.17) is 5.11 Å². The molecule has 0 aliphatic rings. The summed E-state index contributed by atoms with van der Waals surface area (Å²) in [4.78, 5) is 22.8. The molecule has 0 radical (unpaired) electrons. The topological polar surface area (TPSA) is 74.6 Å². The first-order valence-corrected chi connectivity index (χ1v) is 13.6. The van der Waals surface area contributed by atoms with Crippen LogP contribution in [0.15, 0.2) is 12.2 Å². The molecule has 2 N–H and O–H groups in total. The van der Waals surface area contributed by atoms with Crippen LogP contribution in [0.4, 0.5) is 0 Å². The third-order valence-electron chi connectivity index (χ3n) is 7.33. The monoisotopic (exact) mass is 468 g/mol. The van der Waals surface area contributed by atoms with Gasteiger partial charge in [-0.2, -0.15) is 0 Å². The number of likely N-dealkylation sites (N-methyl/N-ethyl adjacent to an activating group) is 1. The maximum absolute atomic E-state index is 12.0. The lowest BCUT2D eigenvalue weighted by Crippen LogP contribution is -2.62. The summed E-state index contributed by atoms with van der Waals surface area (Å²) in [6.45, 7) is 4.83. The first kappa shape index (κ1) is 31.6. The lowest BCUT2D eigenvalue weighted by Gasteiger charge is -2.44. The van der Waals surface area contributed by atoms with Gasteiger partial charge in [-0.15, -0.1) is 0 Å². The van der Waals surface area contributed by atoms with Crippen LogP contribution < -0.4 is 0 Å². The quantitative estimate of drug-likeness (QED) is 0.0920. The van der Waals surface area contributed by atoms with Crippen LogP contribution in [-0.4, -0.2) is 52.8 Å². The smallest absolute Gasteiger partial charge is 0.365 e. The molecule has 0 rings (SSSR count). The second-order valence-corrected chi connectivity index (χ2v) is 10.5. The fourth-order valence-corrected chi connectivity index (χ4v) is 4.43. The van der Waals surface area contributed by atoms with Crippen LogP contribution in [0.1, 0.15) is 129 Å². The van der Waals surface area contributed by atoms with E-state index in [2.05, 4.69) is 19.1 Å². The van der Waals surface area contributed by atoms with Gasteiger partial charge in [-0.1, -0.05) is 76.9 Å².